The number of furan rings is 1. The SMILES string of the molecule is C/C=C\C(=C/C)c1nc(C2=CCCc3oc4ccccc4c32)nc(C2C=CC(c3cccc4c3C=CCC4)=CC2)n1. The average Bonchev–Trinajstić information content (AvgIpc) is 3.42. The van der Waals surface area contributed by atoms with E-state index in [1.807, 2.05) is 32.1 Å². The van der Waals surface area contributed by atoms with Crippen molar-refractivity contribution in [2.75, 3.05) is 0 Å². The van der Waals surface area contributed by atoms with Gasteiger partial charge < -0.3 is 4.42 Å². The number of hydrogen-bond donors (Lipinski definition) is 0. The maximum Gasteiger partial charge on any atom is 0.164 e. The fourth-order valence-corrected chi connectivity index (χ4v) is 6.24. The van der Waals surface area contributed by atoms with Gasteiger partial charge in [0.05, 0.1) is 0 Å². The summed E-state index contributed by atoms with van der Waals surface area (Å²) in [6.45, 7) is 4.05. The average molecular weight is 536 g/mol. The Labute approximate surface area is 241 Å². The van der Waals surface area contributed by atoms with Crippen LogP contribution < -0.4 is 0 Å². The van der Waals surface area contributed by atoms with Crippen molar-refractivity contribution >= 4 is 33.8 Å². The molecule has 0 aliphatic heterocycles. The molecule has 0 N–H and O–H groups in total. The van der Waals surface area contributed by atoms with Crippen molar-refractivity contribution in [3.63, 3.8) is 0 Å². The second kappa shape index (κ2) is 10.8. The maximum absolute atomic E-state index is 6.26. The van der Waals surface area contributed by atoms with Gasteiger partial charge in [-0.1, -0.05) is 91.1 Å². The van der Waals surface area contributed by atoms with Crippen LogP contribution in [0.1, 0.15) is 84.5 Å². The van der Waals surface area contributed by atoms with Gasteiger partial charge in [-0.25, -0.2) is 15.0 Å². The Hall–Kier alpha value is -4.57. The molecule has 2 aromatic carbocycles. The third-order valence-corrected chi connectivity index (χ3v) is 8.27. The molecule has 1 unspecified atom stereocenters. The Balaban J connectivity index is 1.29. The lowest BCUT2D eigenvalue weighted by Crippen LogP contribution is -2.12. The van der Waals surface area contributed by atoms with E-state index in [2.05, 4.69) is 78.9 Å². The van der Waals surface area contributed by atoms with E-state index in [1.54, 1.807) is 0 Å². The van der Waals surface area contributed by atoms with Crippen molar-refractivity contribution in [2.45, 2.75) is 51.9 Å². The molecule has 41 heavy (non-hydrogen) atoms. The summed E-state index contributed by atoms with van der Waals surface area (Å²) in [5, 5.41) is 1.11. The Kier molecular flexibility index (Phi) is 6.68. The van der Waals surface area contributed by atoms with Gasteiger partial charge in [-0.3, -0.25) is 0 Å². The summed E-state index contributed by atoms with van der Waals surface area (Å²) in [6, 6.07) is 14.9. The number of nitrogens with zero attached hydrogens (tertiary/aromatic N) is 3. The number of fused-ring (bicyclic) bond motifs is 4. The number of para-hydroxylation sites is 1. The lowest BCUT2D eigenvalue weighted by atomic mass is 9.86. The van der Waals surface area contributed by atoms with Crippen molar-refractivity contribution in [2.24, 2.45) is 0 Å². The number of hydrogen-bond acceptors (Lipinski definition) is 4. The fraction of sp³-hybridized carbons (Fsp3) is 0.216. The van der Waals surface area contributed by atoms with Gasteiger partial charge in [0.25, 0.3) is 0 Å². The zero-order valence-corrected chi connectivity index (χ0v) is 23.6. The molecule has 0 spiro atoms. The van der Waals surface area contributed by atoms with Crippen LogP contribution in [0.5, 0.6) is 0 Å². The van der Waals surface area contributed by atoms with Gasteiger partial charge in [0, 0.05) is 34.4 Å². The Bertz CT molecular complexity index is 1840. The number of aromatic nitrogens is 3. The largest absolute Gasteiger partial charge is 0.460 e. The summed E-state index contributed by atoms with van der Waals surface area (Å²) in [5.74, 6) is 3.31. The molecule has 1 atom stereocenters. The summed E-state index contributed by atoms with van der Waals surface area (Å²) in [5.41, 5.74) is 9.42. The number of benzene rings is 2. The second-order valence-corrected chi connectivity index (χ2v) is 10.8. The molecule has 202 valence electrons. The molecule has 2 heterocycles. The van der Waals surface area contributed by atoms with Crippen LogP contribution in [0.15, 0.2) is 95.5 Å². The minimum atomic E-state index is 0.0720. The van der Waals surface area contributed by atoms with Crippen molar-refractivity contribution in [1.29, 1.82) is 0 Å². The third kappa shape index (κ3) is 4.63. The topological polar surface area (TPSA) is 51.8 Å². The van der Waals surface area contributed by atoms with Gasteiger partial charge in [0.1, 0.15) is 17.2 Å². The third-order valence-electron chi connectivity index (χ3n) is 8.27. The number of allylic oxidation sites excluding steroid dienone is 10. The van der Waals surface area contributed by atoms with Gasteiger partial charge in [0.2, 0.25) is 0 Å². The van der Waals surface area contributed by atoms with E-state index >= 15 is 0 Å². The summed E-state index contributed by atoms with van der Waals surface area (Å²) >= 11 is 0. The van der Waals surface area contributed by atoms with Crippen LogP contribution in [-0.4, -0.2) is 15.0 Å². The summed E-state index contributed by atoms with van der Waals surface area (Å²) in [4.78, 5) is 15.2. The molecule has 3 aliphatic rings. The molecule has 0 fully saturated rings. The van der Waals surface area contributed by atoms with Gasteiger partial charge in [0.15, 0.2) is 11.6 Å². The van der Waals surface area contributed by atoms with Crippen LogP contribution in [0.3, 0.4) is 0 Å². The smallest absolute Gasteiger partial charge is 0.164 e. The molecule has 0 amide bonds. The highest BCUT2D eigenvalue weighted by Crippen LogP contribution is 2.39. The minimum Gasteiger partial charge on any atom is -0.460 e. The van der Waals surface area contributed by atoms with Gasteiger partial charge in [-0.05, 0) is 67.9 Å². The molecular weight excluding hydrogens is 502 g/mol. The molecular formula is C37H33N3O. The highest BCUT2D eigenvalue weighted by atomic mass is 16.3. The predicted octanol–water partition coefficient (Wildman–Crippen LogP) is 9.06. The summed E-state index contributed by atoms with van der Waals surface area (Å²) in [7, 11) is 0. The first kappa shape index (κ1) is 25.4. The normalized spacial score (nSPS) is 18.4. The van der Waals surface area contributed by atoms with Crippen molar-refractivity contribution in [1.82, 2.24) is 15.0 Å². The van der Waals surface area contributed by atoms with E-state index in [1.165, 1.54) is 22.3 Å². The molecule has 0 saturated heterocycles. The maximum atomic E-state index is 6.26. The molecule has 0 saturated carbocycles. The van der Waals surface area contributed by atoms with Crippen LogP contribution in [0.4, 0.5) is 0 Å². The van der Waals surface area contributed by atoms with Gasteiger partial charge in [-0.15, -0.1) is 0 Å². The van der Waals surface area contributed by atoms with Crippen LogP contribution in [-0.2, 0) is 12.8 Å². The summed E-state index contributed by atoms with van der Waals surface area (Å²) in [6.07, 6.45) is 24.7. The molecule has 7 rings (SSSR count). The van der Waals surface area contributed by atoms with Crippen LogP contribution >= 0.6 is 0 Å². The standard InChI is InChI=1S/C37H33N3O/c1-3-11-24(4-2)35-38-36(27-22-20-26(21-23-27)29-16-9-13-25-12-5-6-14-28(25)29)40-37(39-35)31-17-10-19-33-34(31)30-15-7-8-18-32(30)41-33/h3-4,6-9,11,13-18,20-22,27H,5,10,12,19,23H2,1-2H3/b11-3-,24-4+. The second-order valence-electron chi connectivity index (χ2n) is 10.8. The van der Waals surface area contributed by atoms with E-state index < -0.39 is 0 Å². The highest BCUT2D eigenvalue weighted by Gasteiger charge is 2.26. The Morgan fingerprint density at radius 1 is 0.927 bits per heavy atom. The van der Waals surface area contributed by atoms with Gasteiger partial charge >= 0.3 is 0 Å². The first-order valence-corrected chi connectivity index (χ1v) is 14.7. The lowest BCUT2D eigenvalue weighted by Gasteiger charge is -2.20. The van der Waals surface area contributed by atoms with Crippen molar-refractivity contribution < 1.29 is 4.42 Å². The van der Waals surface area contributed by atoms with Crippen molar-refractivity contribution in [3.05, 3.63) is 137 Å². The molecule has 2 aromatic heterocycles. The molecule has 4 heteroatoms. The van der Waals surface area contributed by atoms with Crippen molar-refractivity contribution in [3.8, 4) is 0 Å². The van der Waals surface area contributed by atoms with Crippen LogP contribution in [0.2, 0.25) is 0 Å². The van der Waals surface area contributed by atoms with Crippen LogP contribution in [0, 0.1) is 0 Å². The zero-order chi connectivity index (χ0) is 27.8. The predicted molar refractivity (Wildman–Crippen MR) is 168 cm³/mol. The van der Waals surface area contributed by atoms with E-state index in [0.717, 1.165) is 71.4 Å². The Morgan fingerprint density at radius 2 is 1.85 bits per heavy atom. The van der Waals surface area contributed by atoms with E-state index in [-0.39, 0.29) is 5.92 Å². The van der Waals surface area contributed by atoms with E-state index in [4.69, 9.17) is 19.4 Å². The lowest BCUT2D eigenvalue weighted by molar-refractivity contribution is 0.545. The summed E-state index contributed by atoms with van der Waals surface area (Å²) < 4.78 is 6.26. The van der Waals surface area contributed by atoms with Crippen LogP contribution in [0.25, 0.3) is 33.8 Å². The molecule has 4 nitrogen and oxygen atoms in total. The molecule has 4 aromatic rings. The first-order valence-electron chi connectivity index (χ1n) is 14.7. The number of aryl methyl sites for hydroxylation is 2. The highest BCUT2D eigenvalue weighted by molar-refractivity contribution is 5.96. The zero-order valence-electron chi connectivity index (χ0n) is 23.6. The van der Waals surface area contributed by atoms with Gasteiger partial charge in [-0.2, -0.15) is 0 Å². The van der Waals surface area contributed by atoms with E-state index in [0.29, 0.717) is 11.6 Å². The minimum absolute atomic E-state index is 0.0720. The molecule has 0 radical (unpaired) electrons. The molecule has 0 bridgehead atoms. The quantitative estimate of drug-likeness (QED) is 0.239. The van der Waals surface area contributed by atoms with E-state index in [9.17, 15) is 0 Å². The monoisotopic (exact) mass is 535 g/mol. The number of rotatable bonds is 5. The molecule has 3 aliphatic carbocycles. The first-order chi connectivity index (χ1) is 20.2. The fourth-order valence-electron chi connectivity index (χ4n) is 6.24. The Morgan fingerprint density at radius 3 is 2.71 bits per heavy atom.